The van der Waals surface area contributed by atoms with Crippen LogP contribution in [0.2, 0.25) is 0 Å². The minimum atomic E-state index is -0.699. The molecule has 2 heterocycles. The van der Waals surface area contributed by atoms with E-state index in [-0.39, 0.29) is 17.5 Å². The summed E-state index contributed by atoms with van der Waals surface area (Å²) in [5, 5.41) is 10.8. The summed E-state index contributed by atoms with van der Waals surface area (Å²) in [5.41, 5.74) is 3.64. The summed E-state index contributed by atoms with van der Waals surface area (Å²) >= 11 is 0. The molecule has 0 radical (unpaired) electrons. The fourth-order valence-electron chi connectivity index (χ4n) is 4.09. The summed E-state index contributed by atoms with van der Waals surface area (Å²) < 4.78 is 0. The number of benzene rings is 2. The lowest BCUT2D eigenvalue weighted by Gasteiger charge is -2.27. The average Bonchev–Trinajstić information content (AvgIpc) is 3.08. The van der Waals surface area contributed by atoms with Gasteiger partial charge in [0.2, 0.25) is 0 Å². The van der Waals surface area contributed by atoms with E-state index in [2.05, 4.69) is 25.8 Å². The van der Waals surface area contributed by atoms with Crippen molar-refractivity contribution in [2.75, 3.05) is 0 Å². The number of rotatable bonds is 6. The van der Waals surface area contributed by atoms with Crippen molar-refractivity contribution in [2.24, 2.45) is 0 Å². The molecule has 172 valence electrons. The first-order valence-corrected chi connectivity index (χ1v) is 11.3. The molecule has 0 spiro atoms. The zero-order valence-electron chi connectivity index (χ0n) is 19.6. The van der Waals surface area contributed by atoms with Crippen LogP contribution in [0.25, 0.3) is 6.08 Å². The molecule has 1 atom stereocenters. The SMILES string of the molecule is CC(C)(C)c1ccc(C2C(C(=O)/C=C/c3ccccc3)=C(O)C(=O)N2Cc2cccnc2)cc1. The van der Waals surface area contributed by atoms with Crippen molar-refractivity contribution >= 4 is 17.8 Å². The van der Waals surface area contributed by atoms with Crippen molar-refractivity contribution in [3.8, 4) is 0 Å². The molecule has 34 heavy (non-hydrogen) atoms. The topological polar surface area (TPSA) is 70.5 Å². The Balaban J connectivity index is 1.73. The monoisotopic (exact) mass is 452 g/mol. The Morgan fingerprint density at radius 3 is 2.35 bits per heavy atom. The Morgan fingerprint density at radius 1 is 1.03 bits per heavy atom. The molecule has 0 saturated heterocycles. The Morgan fingerprint density at radius 2 is 1.74 bits per heavy atom. The summed E-state index contributed by atoms with van der Waals surface area (Å²) in [7, 11) is 0. The molecule has 2 aromatic carbocycles. The van der Waals surface area contributed by atoms with Gasteiger partial charge in [0, 0.05) is 18.9 Å². The number of ketones is 1. The standard InChI is InChI=1S/C29H28N2O3/c1-29(2,3)23-14-12-22(13-15-23)26-25(24(32)16-11-20-8-5-4-6-9-20)27(33)28(34)31(26)19-21-10-7-17-30-18-21/h4-18,26,33H,19H2,1-3H3/b16-11+. The lowest BCUT2D eigenvalue weighted by atomic mass is 9.85. The quantitative estimate of drug-likeness (QED) is 0.497. The lowest BCUT2D eigenvalue weighted by Crippen LogP contribution is -2.30. The second-order valence-corrected chi connectivity index (χ2v) is 9.44. The highest BCUT2D eigenvalue weighted by Gasteiger charge is 2.42. The van der Waals surface area contributed by atoms with Crippen molar-refractivity contribution < 1.29 is 14.7 Å². The van der Waals surface area contributed by atoms with Gasteiger partial charge in [-0.15, -0.1) is 0 Å². The van der Waals surface area contributed by atoms with Gasteiger partial charge >= 0.3 is 0 Å². The first kappa shape index (κ1) is 23.2. The summed E-state index contributed by atoms with van der Waals surface area (Å²) in [4.78, 5) is 32.1. The van der Waals surface area contributed by atoms with E-state index < -0.39 is 23.5 Å². The zero-order chi connectivity index (χ0) is 24.3. The van der Waals surface area contributed by atoms with Crippen molar-refractivity contribution in [1.29, 1.82) is 0 Å². The van der Waals surface area contributed by atoms with E-state index in [4.69, 9.17) is 0 Å². The maximum absolute atomic E-state index is 13.3. The fraction of sp³-hybridized carbons (Fsp3) is 0.207. The van der Waals surface area contributed by atoms with Gasteiger partial charge in [-0.3, -0.25) is 14.6 Å². The maximum atomic E-state index is 13.3. The molecule has 0 aliphatic carbocycles. The van der Waals surface area contributed by atoms with Crippen molar-refractivity contribution in [3.63, 3.8) is 0 Å². The van der Waals surface area contributed by atoms with Crippen LogP contribution in [0.15, 0.2) is 96.5 Å². The van der Waals surface area contributed by atoms with E-state index in [9.17, 15) is 14.7 Å². The highest BCUT2D eigenvalue weighted by atomic mass is 16.3. The van der Waals surface area contributed by atoms with Gasteiger partial charge in [-0.25, -0.2) is 0 Å². The molecule has 1 amide bonds. The summed E-state index contributed by atoms with van der Waals surface area (Å²) in [6.07, 6.45) is 6.45. The molecule has 0 fully saturated rings. The number of hydrogen-bond acceptors (Lipinski definition) is 4. The molecule has 1 aliphatic rings. The third kappa shape index (κ3) is 4.84. The predicted octanol–water partition coefficient (Wildman–Crippen LogP) is 5.56. The molecular formula is C29H28N2O3. The van der Waals surface area contributed by atoms with Crippen LogP contribution in [0, 0.1) is 0 Å². The van der Waals surface area contributed by atoms with Crippen LogP contribution >= 0.6 is 0 Å². The van der Waals surface area contributed by atoms with E-state index >= 15 is 0 Å². The Labute approximate surface area is 200 Å². The van der Waals surface area contributed by atoms with Gasteiger partial charge in [-0.05, 0) is 39.8 Å². The van der Waals surface area contributed by atoms with E-state index in [1.54, 1.807) is 24.5 Å². The second kappa shape index (κ2) is 9.48. The number of carbonyl (C=O) groups excluding carboxylic acids is 2. The number of allylic oxidation sites excluding steroid dienone is 1. The number of aromatic nitrogens is 1. The van der Waals surface area contributed by atoms with Crippen molar-refractivity contribution in [3.05, 3.63) is 119 Å². The van der Waals surface area contributed by atoms with Crippen molar-refractivity contribution in [1.82, 2.24) is 9.88 Å². The van der Waals surface area contributed by atoms with Crippen molar-refractivity contribution in [2.45, 2.75) is 38.8 Å². The molecule has 5 nitrogen and oxygen atoms in total. The van der Waals surface area contributed by atoms with E-state index in [0.717, 1.165) is 22.3 Å². The van der Waals surface area contributed by atoms with Crippen LogP contribution < -0.4 is 0 Å². The minimum Gasteiger partial charge on any atom is -0.503 e. The summed E-state index contributed by atoms with van der Waals surface area (Å²) in [5.74, 6) is -1.46. The van der Waals surface area contributed by atoms with Gasteiger partial charge in [-0.2, -0.15) is 0 Å². The Bertz CT molecular complexity index is 1240. The predicted molar refractivity (Wildman–Crippen MR) is 133 cm³/mol. The lowest BCUT2D eigenvalue weighted by molar-refractivity contribution is -0.130. The van der Waals surface area contributed by atoms with Crippen LogP contribution in [0.4, 0.5) is 0 Å². The van der Waals surface area contributed by atoms with Gasteiger partial charge in [0.05, 0.1) is 11.6 Å². The minimum absolute atomic E-state index is 0.0333. The number of amides is 1. The number of aliphatic hydroxyl groups is 1. The number of pyridine rings is 1. The third-order valence-electron chi connectivity index (χ3n) is 5.96. The van der Waals surface area contributed by atoms with Gasteiger partial charge in [0.25, 0.3) is 5.91 Å². The smallest absolute Gasteiger partial charge is 0.290 e. The molecule has 3 aromatic rings. The highest BCUT2D eigenvalue weighted by molar-refractivity contribution is 6.14. The second-order valence-electron chi connectivity index (χ2n) is 9.44. The van der Waals surface area contributed by atoms with Gasteiger partial charge in [0.1, 0.15) is 0 Å². The largest absolute Gasteiger partial charge is 0.503 e. The number of aliphatic hydroxyl groups excluding tert-OH is 1. The molecule has 1 N–H and O–H groups in total. The van der Waals surface area contributed by atoms with Crippen LogP contribution in [0.3, 0.4) is 0 Å². The number of hydrogen-bond donors (Lipinski definition) is 1. The third-order valence-corrected chi connectivity index (χ3v) is 5.96. The van der Waals surface area contributed by atoms with Gasteiger partial charge < -0.3 is 10.0 Å². The molecular weight excluding hydrogens is 424 g/mol. The molecule has 1 aromatic heterocycles. The summed E-state index contributed by atoms with van der Waals surface area (Å²) in [6, 6.07) is 20.3. The van der Waals surface area contributed by atoms with Crippen LogP contribution in [-0.2, 0) is 21.5 Å². The van der Waals surface area contributed by atoms with E-state index in [0.29, 0.717) is 0 Å². The average molecular weight is 453 g/mol. The van der Waals surface area contributed by atoms with Crippen LogP contribution in [-0.4, -0.2) is 26.7 Å². The molecule has 4 rings (SSSR count). The fourth-order valence-corrected chi connectivity index (χ4v) is 4.09. The first-order valence-electron chi connectivity index (χ1n) is 11.3. The molecule has 1 aliphatic heterocycles. The maximum Gasteiger partial charge on any atom is 0.290 e. The molecule has 1 unspecified atom stereocenters. The normalized spacial score (nSPS) is 16.5. The van der Waals surface area contributed by atoms with Crippen LogP contribution in [0.5, 0.6) is 0 Å². The number of nitrogens with zero attached hydrogens (tertiary/aromatic N) is 2. The molecule has 0 bridgehead atoms. The first-order chi connectivity index (χ1) is 16.3. The van der Waals surface area contributed by atoms with Crippen LogP contribution in [0.1, 0.15) is 49.1 Å². The highest BCUT2D eigenvalue weighted by Crippen LogP contribution is 2.39. The molecule has 5 heteroatoms. The Hall–Kier alpha value is -3.99. The van der Waals surface area contributed by atoms with E-state index in [1.807, 2.05) is 60.7 Å². The number of carbonyl (C=O) groups is 2. The zero-order valence-corrected chi connectivity index (χ0v) is 19.6. The summed E-state index contributed by atoms with van der Waals surface area (Å²) in [6.45, 7) is 6.61. The van der Waals surface area contributed by atoms with Gasteiger partial charge in [0.15, 0.2) is 11.5 Å². The van der Waals surface area contributed by atoms with E-state index in [1.165, 1.54) is 11.0 Å². The van der Waals surface area contributed by atoms with Gasteiger partial charge in [-0.1, -0.05) is 87.5 Å². The Kier molecular flexibility index (Phi) is 6.46. The molecule has 0 saturated carbocycles.